The van der Waals surface area contributed by atoms with Crippen LogP contribution < -0.4 is 0 Å². The van der Waals surface area contributed by atoms with Crippen molar-refractivity contribution in [1.29, 1.82) is 0 Å². The first-order chi connectivity index (χ1) is 12.0. The highest BCUT2D eigenvalue weighted by Gasteiger charge is 2.19. The van der Waals surface area contributed by atoms with Crippen LogP contribution in [-0.2, 0) is 0 Å². The fourth-order valence-electron chi connectivity index (χ4n) is 2.49. The molecule has 0 saturated heterocycles. The molecular weight excluding hydrogens is 338 g/mol. The van der Waals surface area contributed by atoms with E-state index in [0.717, 1.165) is 11.4 Å². The van der Waals surface area contributed by atoms with Gasteiger partial charge in [-0.05, 0) is 44.2 Å². The maximum Gasteiger partial charge on any atom is 0.354 e. The molecule has 0 unspecified atom stereocenters. The van der Waals surface area contributed by atoms with Crippen LogP contribution in [0.2, 0.25) is 5.15 Å². The van der Waals surface area contributed by atoms with E-state index in [1.54, 1.807) is 35.2 Å². The third-order valence-electron chi connectivity index (χ3n) is 3.61. The number of halogens is 1. The summed E-state index contributed by atoms with van der Waals surface area (Å²) in [7, 11) is 0. The lowest BCUT2D eigenvalue weighted by Crippen LogP contribution is -2.09. The van der Waals surface area contributed by atoms with Gasteiger partial charge in [0.25, 0.3) is 0 Å². The van der Waals surface area contributed by atoms with Gasteiger partial charge in [-0.3, -0.25) is 4.98 Å². The summed E-state index contributed by atoms with van der Waals surface area (Å²) in [5, 5.41) is 10.0. The predicted molar refractivity (Wildman–Crippen MR) is 95.2 cm³/mol. The molecule has 3 aromatic rings. The fourth-order valence-corrected chi connectivity index (χ4v) is 2.66. The maximum absolute atomic E-state index is 11.8. The Morgan fingerprint density at radius 1 is 1.16 bits per heavy atom. The van der Waals surface area contributed by atoms with Crippen molar-refractivity contribution < 1.29 is 9.90 Å². The van der Waals surface area contributed by atoms with Gasteiger partial charge in [0.05, 0.1) is 17.4 Å². The van der Waals surface area contributed by atoms with Crippen molar-refractivity contribution >= 4 is 17.6 Å². The van der Waals surface area contributed by atoms with Crippen molar-refractivity contribution in [1.82, 2.24) is 14.5 Å². The summed E-state index contributed by atoms with van der Waals surface area (Å²) in [5.74, 6) is 4.80. The highest BCUT2D eigenvalue weighted by Crippen LogP contribution is 2.21. The minimum Gasteiger partial charge on any atom is -0.477 e. The summed E-state index contributed by atoms with van der Waals surface area (Å²) in [6.45, 7) is 3.71. The molecule has 0 bridgehead atoms. The van der Waals surface area contributed by atoms with Crippen LogP contribution in [0.3, 0.4) is 0 Å². The molecule has 0 amide bonds. The topological polar surface area (TPSA) is 68.0 Å². The van der Waals surface area contributed by atoms with Crippen LogP contribution in [0.15, 0.2) is 42.7 Å². The summed E-state index contributed by atoms with van der Waals surface area (Å²) in [4.78, 5) is 20.0. The van der Waals surface area contributed by atoms with E-state index in [-0.39, 0.29) is 5.69 Å². The highest BCUT2D eigenvalue weighted by atomic mass is 35.5. The van der Waals surface area contributed by atoms with Gasteiger partial charge in [0.2, 0.25) is 0 Å². The Morgan fingerprint density at radius 3 is 2.60 bits per heavy atom. The van der Waals surface area contributed by atoms with E-state index in [2.05, 4.69) is 21.8 Å². The summed E-state index contributed by atoms with van der Waals surface area (Å²) < 4.78 is 1.64. The molecule has 0 radical (unpaired) electrons. The molecule has 3 rings (SSSR count). The maximum atomic E-state index is 11.8. The zero-order valence-electron chi connectivity index (χ0n) is 13.6. The van der Waals surface area contributed by atoms with Gasteiger partial charge < -0.3 is 9.67 Å². The van der Waals surface area contributed by atoms with Gasteiger partial charge in [0.1, 0.15) is 10.8 Å². The zero-order valence-corrected chi connectivity index (χ0v) is 14.4. The van der Waals surface area contributed by atoms with Crippen molar-refractivity contribution in [2.24, 2.45) is 0 Å². The van der Waals surface area contributed by atoms with E-state index in [4.69, 9.17) is 11.6 Å². The number of carboxylic acid groups (broad SMARTS) is 1. The third kappa shape index (κ3) is 3.54. The summed E-state index contributed by atoms with van der Waals surface area (Å²) in [6.07, 6.45) is 3.20. The molecule has 3 heterocycles. The summed E-state index contributed by atoms with van der Waals surface area (Å²) in [5.41, 5.74) is 3.51. The number of carboxylic acids is 1. The predicted octanol–water partition coefficient (Wildman–Crippen LogP) is 3.64. The van der Waals surface area contributed by atoms with E-state index in [0.29, 0.717) is 22.0 Å². The molecule has 6 heteroatoms. The van der Waals surface area contributed by atoms with Crippen LogP contribution in [0.4, 0.5) is 0 Å². The molecule has 1 N–H and O–H groups in total. The minimum absolute atomic E-state index is 0.107. The summed E-state index contributed by atoms with van der Waals surface area (Å²) in [6, 6.07) is 8.77. The van der Waals surface area contributed by atoms with E-state index in [1.807, 2.05) is 26.0 Å². The fraction of sp³-hybridized carbons (Fsp3) is 0.105. The molecule has 0 saturated carbocycles. The number of aryl methyl sites for hydroxylation is 2. The molecule has 0 aliphatic carbocycles. The first kappa shape index (κ1) is 16.7. The second kappa shape index (κ2) is 6.80. The molecule has 0 spiro atoms. The number of hydrogen-bond donors (Lipinski definition) is 1. The molecule has 3 aromatic heterocycles. The molecule has 5 nitrogen and oxygen atoms in total. The smallest absolute Gasteiger partial charge is 0.354 e. The lowest BCUT2D eigenvalue weighted by atomic mass is 10.2. The van der Waals surface area contributed by atoms with Crippen molar-refractivity contribution in [2.45, 2.75) is 13.8 Å². The number of aromatic carboxylic acids is 1. The van der Waals surface area contributed by atoms with Crippen LogP contribution in [0, 0.1) is 25.7 Å². The number of nitrogens with zero attached hydrogens (tertiary/aromatic N) is 3. The average molecular weight is 352 g/mol. The largest absolute Gasteiger partial charge is 0.477 e. The Bertz CT molecular complexity index is 1010. The molecular formula is C19H14ClN3O2. The second-order valence-corrected chi connectivity index (χ2v) is 5.85. The Kier molecular flexibility index (Phi) is 4.55. The van der Waals surface area contributed by atoms with Crippen molar-refractivity contribution in [2.75, 3.05) is 0 Å². The Labute approximate surface area is 149 Å². The monoisotopic (exact) mass is 351 g/mol. The second-order valence-electron chi connectivity index (χ2n) is 5.46. The average Bonchev–Trinajstić information content (AvgIpc) is 2.90. The summed E-state index contributed by atoms with van der Waals surface area (Å²) >= 11 is 5.85. The normalized spacial score (nSPS) is 10.2. The lowest BCUT2D eigenvalue weighted by molar-refractivity contribution is 0.0687. The zero-order chi connectivity index (χ0) is 18.0. The molecule has 25 heavy (non-hydrogen) atoms. The van der Waals surface area contributed by atoms with Gasteiger partial charge in [0.15, 0.2) is 0 Å². The van der Waals surface area contributed by atoms with Crippen LogP contribution in [0.1, 0.15) is 33.0 Å². The van der Waals surface area contributed by atoms with Crippen LogP contribution >= 0.6 is 11.6 Å². The van der Waals surface area contributed by atoms with E-state index in [9.17, 15) is 9.90 Å². The van der Waals surface area contributed by atoms with E-state index in [1.165, 1.54) is 0 Å². The lowest BCUT2D eigenvalue weighted by Gasteiger charge is -2.09. The minimum atomic E-state index is -1.05. The van der Waals surface area contributed by atoms with Crippen LogP contribution in [-0.4, -0.2) is 25.6 Å². The van der Waals surface area contributed by atoms with E-state index < -0.39 is 5.97 Å². The van der Waals surface area contributed by atoms with Crippen molar-refractivity contribution in [3.8, 4) is 17.5 Å². The molecule has 0 aliphatic heterocycles. The van der Waals surface area contributed by atoms with Gasteiger partial charge in [0, 0.05) is 23.1 Å². The molecule has 0 aliphatic rings. The van der Waals surface area contributed by atoms with Crippen LogP contribution in [0.5, 0.6) is 0 Å². The number of hydrogen-bond acceptors (Lipinski definition) is 3. The van der Waals surface area contributed by atoms with Crippen LogP contribution in [0.25, 0.3) is 5.69 Å². The molecule has 0 aromatic carbocycles. The van der Waals surface area contributed by atoms with E-state index >= 15 is 0 Å². The molecule has 0 fully saturated rings. The van der Waals surface area contributed by atoms with Gasteiger partial charge in [-0.25, -0.2) is 9.78 Å². The molecule has 124 valence electrons. The quantitative estimate of drug-likeness (QED) is 0.565. The van der Waals surface area contributed by atoms with Crippen molar-refractivity contribution in [3.05, 3.63) is 76.1 Å². The number of rotatable bonds is 2. The van der Waals surface area contributed by atoms with Gasteiger partial charge in [-0.15, -0.1) is 0 Å². The number of carbonyl (C=O) groups is 1. The Balaban J connectivity index is 2.12. The number of aromatic nitrogens is 3. The van der Waals surface area contributed by atoms with Gasteiger partial charge in [-0.2, -0.15) is 0 Å². The number of pyridine rings is 2. The van der Waals surface area contributed by atoms with Crippen molar-refractivity contribution in [3.63, 3.8) is 0 Å². The Morgan fingerprint density at radius 2 is 1.96 bits per heavy atom. The Hall–Kier alpha value is -3.10. The molecule has 0 atom stereocenters. The highest BCUT2D eigenvalue weighted by molar-refractivity contribution is 6.29. The standard InChI is InChI=1S/C19H14ClN3O2/c1-12-3-6-16(11-22-12)23-13(2)9-15(18(23)19(24)25)5-4-14-7-8-21-17(20)10-14/h3,6-11H,1-2H3,(H,24,25). The van der Waals surface area contributed by atoms with Gasteiger partial charge in [-0.1, -0.05) is 23.4 Å². The first-order valence-corrected chi connectivity index (χ1v) is 7.86. The third-order valence-corrected chi connectivity index (χ3v) is 3.82. The first-order valence-electron chi connectivity index (χ1n) is 7.48. The van der Waals surface area contributed by atoms with Gasteiger partial charge >= 0.3 is 5.97 Å². The SMILES string of the molecule is Cc1ccc(-n2c(C)cc(C#Cc3ccnc(Cl)c3)c2C(=O)O)cn1.